The highest BCUT2D eigenvalue weighted by Crippen LogP contribution is 2.28. The van der Waals surface area contributed by atoms with Crippen molar-refractivity contribution in [2.75, 3.05) is 0 Å². The molecule has 2 aromatic carbocycles. The Kier molecular flexibility index (Phi) is 5.42. The van der Waals surface area contributed by atoms with Gasteiger partial charge in [0.2, 0.25) is 5.90 Å². The van der Waals surface area contributed by atoms with Gasteiger partial charge in [-0.15, -0.1) is 0 Å². The van der Waals surface area contributed by atoms with Crippen LogP contribution in [0.3, 0.4) is 0 Å². The normalized spacial score (nSPS) is 15.3. The predicted molar refractivity (Wildman–Crippen MR) is 113 cm³/mol. The number of cyclic esters (lactones) is 1. The maximum Gasteiger partial charge on any atom is 0.363 e. The van der Waals surface area contributed by atoms with Gasteiger partial charge in [0.05, 0.1) is 0 Å². The summed E-state index contributed by atoms with van der Waals surface area (Å²) in [5, 5.41) is 0. The van der Waals surface area contributed by atoms with Gasteiger partial charge in [0.25, 0.3) is 0 Å². The van der Waals surface area contributed by atoms with Crippen LogP contribution in [0.4, 0.5) is 0 Å². The minimum atomic E-state index is -0.487. The van der Waals surface area contributed by atoms with E-state index in [0.29, 0.717) is 11.6 Å². The number of rotatable bonds is 3. The number of aliphatic imine (C=N–C) groups is 1. The molecule has 1 aliphatic heterocycles. The predicted octanol–water partition coefficient (Wildman–Crippen LogP) is 4.87. The Hall–Kier alpha value is -3.21. The third-order valence-electron chi connectivity index (χ3n) is 4.65. The van der Waals surface area contributed by atoms with E-state index in [-0.39, 0.29) is 17.1 Å². The minimum Gasteiger partial charge on any atom is -0.426 e. The largest absolute Gasteiger partial charge is 0.426 e. The molecule has 0 N–H and O–H groups in total. The number of benzene rings is 2. The average molecular weight is 391 g/mol. The van der Waals surface area contributed by atoms with E-state index < -0.39 is 5.97 Å². The Bertz CT molecular complexity index is 1010. The zero-order valence-corrected chi connectivity index (χ0v) is 17.6. The quantitative estimate of drug-likeness (QED) is 0.425. The van der Waals surface area contributed by atoms with Crippen LogP contribution < -0.4 is 4.74 Å². The summed E-state index contributed by atoms with van der Waals surface area (Å²) in [6.07, 6.45) is 1.68. The summed E-state index contributed by atoms with van der Waals surface area (Å²) in [5.74, 6) is -0.0175. The molecule has 0 unspecified atom stereocenters. The van der Waals surface area contributed by atoms with Crippen molar-refractivity contribution in [1.29, 1.82) is 0 Å². The van der Waals surface area contributed by atoms with Crippen molar-refractivity contribution in [3.63, 3.8) is 0 Å². The van der Waals surface area contributed by atoms with Gasteiger partial charge in [-0.3, -0.25) is 4.79 Å². The SMILES string of the molecule is CC(=O)Oc1c(C)cc(C=C2N=C(c3ccc(C(C)(C)C)cc3)OC2=O)cc1C. The first-order valence-corrected chi connectivity index (χ1v) is 9.48. The first-order valence-electron chi connectivity index (χ1n) is 9.48. The number of hydrogen-bond donors (Lipinski definition) is 0. The smallest absolute Gasteiger partial charge is 0.363 e. The fraction of sp³-hybridized carbons (Fsp3) is 0.292. The Labute approximate surface area is 171 Å². The van der Waals surface area contributed by atoms with Crippen molar-refractivity contribution in [2.24, 2.45) is 4.99 Å². The number of nitrogens with zero attached hydrogens (tertiary/aromatic N) is 1. The highest BCUT2D eigenvalue weighted by Gasteiger charge is 2.25. The summed E-state index contributed by atoms with van der Waals surface area (Å²) >= 11 is 0. The van der Waals surface area contributed by atoms with Crippen LogP contribution in [0.1, 0.15) is 55.5 Å². The molecule has 5 heteroatoms. The van der Waals surface area contributed by atoms with Crippen LogP contribution in [0.2, 0.25) is 0 Å². The molecule has 0 spiro atoms. The Morgan fingerprint density at radius 2 is 1.66 bits per heavy atom. The molecule has 0 bridgehead atoms. The molecule has 1 heterocycles. The molecule has 1 aliphatic rings. The highest BCUT2D eigenvalue weighted by molar-refractivity contribution is 6.12. The number of carbonyl (C=O) groups excluding carboxylic acids is 2. The highest BCUT2D eigenvalue weighted by atomic mass is 16.6. The Morgan fingerprint density at radius 3 is 2.17 bits per heavy atom. The summed E-state index contributed by atoms with van der Waals surface area (Å²) < 4.78 is 10.6. The lowest BCUT2D eigenvalue weighted by Gasteiger charge is -2.18. The van der Waals surface area contributed by atoms with Gasteiger partial charge in [-0.25, -0.2) is 9.79 Å². The lowest BCUT2D eigenvalue weighted by molar-refractivity contribution is -0.132. The lowest BCUT2D eigenvalue weighted by Crippen LogP contribution is -2.11. The van der Waals surface area contributed by atoms with E-state index in [9.17, 15) is 9.59 Å². The summed E-state index contributed by atoms with van der Waals surface area (Å²) in [6, 6.07) is 11.6. The van der Waals surface area contributed by atoms with Gasteiger partial charge < -0.3 is 9.47 Å². The molecule has 0 aromatic heterocycles. The monoisotopic (exact) mass is 391 g/mol. The molecule has 29 heavy (non-hydrogen) atoms. The van der Waals surface area contributed by atoms with Crippen LogP contribution in [0, 0.1) is 13.8 Å². The molecule has 0 aliphatic carbocycles. The number of ether oxygens (including phenoxy) is 2. The summed E-state index contributed by atoms with van der Waals surface area (Å²) in [4.78, 5) is 27.9. The first-order chi connectivity index (χ1) is 13.5. The molecular formula is C24H25NO4. The molecule has 0 atom stereocenters. The zero-order chi connectivity index (χ0) is 21.3. The molecule has 2 aromatic rings. The van der Waals surface area contributed by atoms with Gasteiger partial charge in [0, 0.05) is 12.5 Å². The van der Waals surface area contributed by atoms with Crippen molar-refractivity contribution in [2.45, 2.75) is 47.0 Å². The van der Waals surface area contributed by atoms with Crippen LogP contribution >= 0.6 is 0 Å². The summed E-state index contributed by atoms with van der Waals surface area (Å²) in [5.41, 5.74) is 4.63. The number of esters is 2. The Morgan fingerprint density at radius 1 is 1.07 bits per heavy atom. The van der Waals surface area contributed by atoms with Gasteiger partial charge in [-0.05, 0) is 71.9 Å². The van der Waals surface area contributed by atoms with Crippen LogP contribution in [0.25, 0.3) is 6.08 Å². The second-order valence-electron chi connectivity index (χ2n) is 8.24. The van der Waals surface area contributed by atoms with Crippen LogP contribution in [-0.4, -0.2) is 17.8 Å². The molecule has 5 nitrogen and oxygen atoms in total. The van der Waals surface area contributed by atoms with Crippen molar-refractivity contribution >= 4 is 23.9 Å². The maximum atomic E-state index is 12.3. The maximum absolute atomic E-state index is 12.3. The van der Waals surface area contributed by atoms with E-state index in [1.54, 1.807) is 6.08 Å². The van der Waals surface area contributed by atoms with E-state index in [2.05, 4.69) is 25.8 Å². The van der Waals surface area contributed by atoms with Gasteiger partial charge >= 0.3 is 11.9 Å². The van der Waals surface area contributed by atoms with Crippen molar-refractivity contribution < 1.29 is 19.1 Å². The topological polar surface area (TPSA) is 65.0 Å². The molecule has 0 radical (unpaired) electrons. The van der Waals surface area contributed by atoms with E-state index in [1.807, 2.05) is 50.2 Å². The van der Waals surface area contributed by atoms with Crippen molar-refractivity contribution in [3.05, 3.63) is 69.9 Å². The second kappa shape index (κ2) is 7.66. The fourth-order valence-electron chi connectivity index (χ4n) is 3.18. The van der Waals surface area contributed by atoms with Gasteiger partial charge in [0.1, 0.15) is 5.75 Å². The van der Waals surface area contributed by atoms with Crippen LogP contribution in [-0.2, 0) is 19.7 Å². The van der Waals surface area contributed by atoms with Gasteiger partial charge in [0.15, 0.2) is 5.70 Å². The van der Waals surface area contributed by atoms with E-state index in [4.69, 9.17) is 9.47 Å². The second-order valence-corrected chi connectivity index (χ2v) is 8.24. The van der Waals surface area contributed by atoms with E-state index in [0.717, 1.165) is 22.3 Å². The standard InChI is InChI=1S/C24H25NO4/c1-14-11-17(12-15(2)21(14)28-16(3)26)13-20-23(27)29-22(25-20)18-7-9-19(10-8-18)24(4,5)6/h7-13H,1-6H3. The molecule has 3 rings (SSSR count). The molecule has 0 fully saturated rings. The third-order valence-corrected chi connectivity index (χ3v) is 4.65. The number of hydrogen-bond acceptors (Lipinski definition) is 5. The van der Waals surface area contributed by atoms with Crippen LogP contribution in [0.5, 0.6) is 5.75 Å². The van der Waals surface area contributed by atoms with Crippen LogP contribution in [0.15, 0.2) is 47.1 Å². The number of aryl methyl sites for hydroxylation is 2. The summed E-state index contributed by atoms with van der Waals surface area (Å²) in [6.45, 7) is 11.5. The summed E-state index contributed by atoms with van der Waals surface area (Å²) in [7, 11) is 0. The molecular weight excluding hydrogens is 366 g/mol. The molecule has 0 saturated heterocycles. The molecule has 150 valence electrons. The van der Waals surface area contributed by atoms with E-state index in [1.165, 1.54) is 12.5 Å². The van der Waals surface area contributed by atoms with Gasteiger partial charge in [-0.1, -0.05) is 32.9 Å². The average Bonchev–Trinajstić information content (AvgIpc) is 2.98. The lowest BCUT2D eigenvalue weighted by atomic mass is 9.87. The fourth-order valence-corrected chi connectivity index (χ4v) is 3.18. The first kappa shape index (κ1) is 20.5. The number of carbonyl (C=O) groups is 2. The van der Waals surface area contributed by atoms with Gasteiger partial charge in [-0.2, -0.15) is 0 Å². The molecule has 0 saturated carbocycles. The minimum absolute atomic E-state index is 0.0474. The Balaban J connectivity index is 1.90. The van der Waals surface area contributed by atoms with E-state index >= 15 is 0 Å². The zero-order valence-electron chi connectivity index (χ0n) is 17.6. The van der Waals surface area contributed by atoms with Crippen molar-refractivity contribution in [3.8, 4) is 5.75 Å². The third kappa shape index (κ3) is 4.62. The van der Waals surface area contributed by atoms with Crippen molar-refractivity contribution in [1.82, 2.24) is 0 Å². The molecule has 0 amide bonds.